The van der Waals surface area contributed by atoms with Gasteiger partial charge in [-0.3, -0.25) is 4.79 Å². The third kappa shape index (κ3) is 4.09. The lowest BCUT2D eigenvalue weighted by Gasteiger charge is -2.12. The summed E-state index contributed by atoms with van der Waals surface area (Å²) < 4.78 is 53.7. The molecule has 0 radical (unpaired) electrons. The minimum Gasteiger partial charge on any atom is -0.481 e. The normalized spacial score (nSPS) is 11.4. The molecule has 0 aliphatic heterocycles. The van der Waals surface area contributed by atoms with Crippen molar-refractivity contribution in [2.45, 2.75) is 22.6 Å². The van der Waals surface area contributed by atoms with Crippen LogP contribution in [-0.4, -0.2) is 19.5 Å². The Bertz CT molecular complexity index is 1130. The number of sulfone groups is 1. The zero-order chi connectivity index (χ0) is 20.3. The van der Waals surface area contributed by atoms with Gasteiger partial charge in [-0.1, -0.05) is 30.3 Å². The number of carbonyl (C=O) groups is 1. The molecular weight excluding hydrogens is 386 g/mol. The maximum absolute atomic E-state index is 14.7. The number of benzene rings is 3. The van der Waals surface area contributed by atoms with Crippen LogP contribution in [-0.2, 0) is 21.1 Å². The molecule has 3 aromatic rings. The van der Waals surface area contributed by atoms with E-state index >= 15 is 0 Å². The van der Waals surface area contributed by atoms with Crippen LogP contribution >= 0.6 is 0 Å². The second-order valence-corrected chi connectivity index (χ2v) is 8.08. The van der Waals surface area contributed by atoms with E-state index < -0.39 is 32.3 Å². The SMILES string of the molecule is O=C(O)CCc1ccc(F)cc1-c1ccc(S(=O)(=O)c2ccccc2)c(F)c1. The average Bonchev–Trinajstić information content (AvgIpc) is 2.67. The van der Waals surface area contributed by atoms with Crippen LogP contribution in [0, 0.1) is 11.6 Å². The van der Waals surface area contributed by atoms with Crippen molar-refractivity contribution in [3.63, 3.8) is 0 Å². The fraction of sp³-hybridized carbons (Fsp3) is 0.0952. The Balaban J connectivity index is 2.04. The van der Waals surface area contributed by atoms with Crippen LogP contribution in [0.15, 0.2) is 76.5 Å². The highest BCUT2D eigenvalue weighted by Gasteiger charge is 2.22. The first-order valence-corrected chi connectivity index (χ1v) is 9.87. The minimum absolute atomic E-state index is 0.0328. The van der Waals surface area contributed by atoms with E-state index in [4.69, 9.17) is 5.11 Å². The summed E-state index contributed by atoms with van der Waals surface area (Å²) in [6.07, 6.45) is -0.0295. The Labute approximate surface area is 161 Å². The van der Waals surface area contributed by atoms with Crippen molar-refractivity contribution in [3.8, 4) is 11.1 Å². The van der Waals surface area contributed by atoms with Crippen molar-refractivity contribution >= 4 is 15.8 Å². The largest absolute Gasteiger partial charge is 0.481 e. The van der Waals surface area contributed by atoms with Gasteiger partial charge in [0.1, 0.15) is 16.5 Å². The quantitative estimate of drug-likeness (QED) is 0.660. The lowest BCUT2D eigenvalue weighted by molar-refractivity contribution is -0.136. The summed E-state index contributed by atoms with van der Waals surface area (Å²) in [6.45, 7) is 0. The summed E-state index contributed by atoms with van der Waals surface area (Å²) in [4.78, 5) is 10.3. The van der Waals surface area contributed by atoms with Gasteiger partial charge in [0, 0.05) is 6.42 Å². The zero-order valence-corrected chi connectivity index (χ0v) is 15.4. The molecule has 7 heteroatoms. The molecule has 3 aromatic carbocycles. The van der Waals surface area contributed by atoms with Crippen LogP contribution in [0.5, 0.6) is 0 Å². The molecule has 0 aliphatic rings. The second kappa shape index (κ2) is 7.90. The van der Waals surface area contributed by atoms with Gasteiger partial charge in [-0.05, 0) is 59.5 Å². The first-order valence-electron chi connectivity index (χ1n) is 8.39. The lowest BCUT2D eigenvalue weighted by Crippen LogP contribution is -2.05. The van der Waals surface area contributed by atoms with Gasteiger partial charge in [-0.25, -0.2) is 17.2 Å². The van der Waals surface area contributed by atoms with Gasteiger partial charge < -0.3 is 5.11 Å². The summed E-state index contributed by atoms with van der Waals surface area (Å²) >= 11 is 0. The predicted octanol–water partition coefficient (Wildman–Crippen LogP) is 4.48. The molecular formula is C21H16F2O4S. The monoisotopic (exact) mass is 402 g/mol. The van der Waals surface area contributed by atoms with Crippen LogP contribution < -0.4 is 0 Å². The highest BCUT2D eigenvalue weighted by molar-refractivity contribution is 7.91. The number of aliphatic carboxylic acids is 1. The Morgan fingerprint density at radius 3 is 2.29 bits per heavy atom. The molecule has 0 saturated carbocycles. The number of carboxylic acid groups (broad SMARTS) is 1. The summed E-state index contributed by atoms with van der Waals surface area (Å²) in [7, 11) is -4.04. The molecule has 1 N–H and O–H groups in total. The Morgan fingerprint density at radius 1 is 0.929 bits per heavy atom. The smallest absolute Gasteiger partial charge is 0.303 e. The Hall–Kier alpha value is -3.06. The number of hydrogen-bond acceptors (Lipinski definition) is 3. The molecule has 144 valence electrons. The highest BCUT2D eigenvalue weighted by atomic mass is 32.2. The van der Waals surface area contributed by atoms with Crippen molar-refractivity contribution in [1.29, 1.82) is 0 Å². The van der Waals surface area contributed by atoms with Crippen molar-refractivity contribution < 1.29 is 27.1 Å². The molecule has 0 saturated heterocycles. The van der Waals surface area contributed by atoms with Crippen LogP contribution in [0.3, 0.4) is 0 Å². The van der Waals surface area contributed by atoms with E-state index in [1.807, 2.05) is 0 Å². The standard InChI is InChI=1S/C21H16F2O4S/c22-16-9-6-14(8-11-21(24)25)18(13-16)15-7-10-20(19(23)12-15)28(26,27)17-4-2-1-3-5-17/h1-7,9-10,12-13H,8,11H2,(H,24,25). The minimum atomic E-state index is -4.04. The van der Waals surface area contributed by atoms with Crippen molar-refractivity contribution in [2.75, 3.05) is 0 Å². The predicted molar refractivity (Wildman–Crippen MR) is 99.6 cm³/mol. The van der Waals surface area contributed by atoms with Crippen LogP contribution in [0.2, 0.25) is 0 Å². The van der Waals surface area contributed by atoms with E-state index in [-0.39, 0.29) is 23.3 Å². The zero-order valence-electron chi connectivity index (χ0n) is 14.6. The molecule has 0 bridgehead atoms. The first kappa shape index (κ1) is 19.7. The number of halogens is 2. The maximum Gasteiger partial charge on any atom is 0.303 e. The first-order chi connectivity index (χ1) is 13.3. The molecule has 0 fully saturated rings. The third-order valence-electron chi connectivity index (χ3n) is 4.27. The molecule has 28 heavy (non-hydrogen) atoms. The number of carboxylic acids is 1. The van der Waals surface area contributed by atoms with E-state index in [1.165, 1.54) is 36.4 Å². The van der Waals surface area contributed by atoms with Gasteiger partial charge in [-0.2, -0.15) is 0 Å². The molecule has 0 aromatic heterocycles. The van der Waals surface area contributed by atoms with Gasteiger partial charge in [0.05, 0.1) is 4.90 Å². The summed E-state index contributed by atoms with van der Waals surface area (Å²) in [5.74, 6) is -2.53. The lowest BCUT2D eigenvalue weighted by atomic mass is 9.96. The van der Waals surface area contributed by atoms with Crippen molar-refractivity contribution in [1.82, 2.24) is 0 Å². The summed E-state index contributed by atoms with van der Waals surface area (Å²) in [5, 5.41) is 8.87. The molecule has 0 heterocycles. The summed E-state index contributed by atoms with van der Waals surface area (Å²) in [6, 6.07) is 14.9. The molecule has 3 rings (SSSR count). The van der Waals surface area contributed by atoms with Gasteiger partial charge in [0.2, 0.25) is 9.84 Å². The molecule has 0 aliphatic carbocycles. The van der Waals surface area contributed by atoms with E-state index in [9.17, 15) is 22.0 Å². The number of rotatable bonds is 6. The van der Waals surface area contributed by atoms with Gasteiger partial charge >= 0.3 is 5.97 Å². The molecule has 4 nitrogen and oxygen atoms in total. The fourth-order valence-electron chi connectivity index (χ4n) is 2.89. The van der Waals surface area contributed by atoms with E-state index in [0.29, 0.717) is 11.1 Å². The second-order valence-electron chi connectivity index (χ2n) is 6.16. The van der Waals surface area contributed by atoms with E-state index in [0.717, 1.165) is 12.1 Å². The molecule has 0 amide bonds. The van der Waals surface area contributed by atoms with Crippen molar-refractivity contribution in [3.05, 3.63) is 83.9 Å². The molecule has 0 unspecified atom stereocenters. The van der Waals surface area contributed by atoms with Crippen LogP contribution in [0.4, 0.5) is 8.78 Å². The van der Waals surface area contributed by atoms with Crippen LogP contribution in [0.1, 0.15) is 12.0 Å². The topological polar surface area (TPSA) is 71.4 Å². The fourth-order valence-corrected chi connectivity index (χ4v) is 4.22. The highest BCUT2D eigenvalue weighted by Crippen LogP contribution is 2.30. The van der Waals surface area contributed by atoms with Gasteiger partial charge in [-0.15, -0.1) is 0 Å². The number of aryl methyl sites for hydroxylation is 1. The molecule has 0 spiro atoms. The van der Waals surface area contributed by atoms with E-state index in [1.54, 1.807) is 18.2 Å². The van der Waals surface area contributed by atoms with Crippen molar-refractivity contribution in [2.24, 2.45) is 0 Å². The van der Waals surface area contributed by atoms with E-state index in [2.05, 4.69) is 0 Å². The summed E-state index contributed by atoms with van der Waals surface area (Å²) in [5.41, 5.74) is 1.12. The Morgan fingerprint density at radius 2 is 1.64 bits per heavy atom. The molecule has 0 atom stereocenters. The third-order valence-corrected chi connectivity index (χ3v) is 6.07. The maximum atomic E-state index is 14.7. The van der Waals surface area contributed by atoms with Gasteiger partial charge in [0.15, 0.2) is 0 Å². The van der Waals surface area contributed by atoms with Gasteiger partial charge in [0.25, 0.3) is 0 Å². The Kier molecular flexibility index (Phi) is 5.56. The van der Waals surface area contributed by atoms with Crippen LogP contribution in [0.25, 0.3) is 11.1 Å². The average molecular weight is 402 g/mol. The number of hydrogen-bond donors (Lipinski definition) is 1.